The van der Waals surface area contributed by atoms with Crippen LogP contribution >= 0.6 is 34.5 Å². The summed E-state index contributed by atoms with van der Waals surface area (Å²) in [5.41, 5.74) is 7.66. The van der Waals surface area contributed by atoms with Crippen molar-refractivity contribution in [1.82, 2.24) is 0 Å². The molecule has 0 saturated heterocycles. The van der Waals surface area contributed by atoms with Crippen molar-refractivity contribution < 1.29 is 37.8 Å². The molecule has 39 heavy (non-hydrogen) atoms. The van der Waals surface area contributed by atoms with Crippen LogP contribution in [0.15, 0.2) is 54.6 Å². The van der Waals surface area contributed by atoms with Crippen LogP contribution in [0.1, 0.15) is 45.7 Å². The molecule has 1 heterocycles. The highest BCUT2D eigenvalue weighted by atomic mass is 35.5. The van der Waals surface area contributed by atoms with Crippen LogP contribution < -0.4 is 15.7 Å². The lowest BCUT2D eigenvalue weighted by Gasteiger charge is -2.36. The number of carboxylic acid groups (broad SMARTS) is 2. The number of carbonyl (C=O) groups is 3. The number of nitrogens with zero attached hydrogens (tertiary/aromatic N) is 1. The second-order valence-electron chi connectivity index (χ2n) is 8.65. The average molecular weight is 602 g/mol. The predicted molar refractivity (Wildman–Crippen MR) is 141 cm³/mol. The van der Waals surface area contributed by atoms with E-state index in [1.807, 2.05) is 30.3 Å². The fourth-order valence-electron chi connectivity index (χ4n) is 4.08. The number of amides is 1. The Kier molecular flexibility index (Phi) is 10.0. The minimum absolute atomic E-state index is 0.0867. The Balaban J connectivity index is 0.000000532. The quantitative estimate of drug-likeness (QED) is 0.390. The van der Waals surface area contributed by atoms with Crippen molar-refractivity contribution in [3.05, 3.63) is 75.1 Å². The third-order valence-corrected chi connectivity index (χ3v) is 7.65. The monoisotopic (exact) mass is 601 g/mol. The maximum absolute atomic E-state index is 13.8. The lowest BCUT2D eigenvalue weighted by atomic mass is 9.90. The molecule has 1 aromatic heterocycles. The summed E-state index contributed by atoms with van der Waals surface area (Å²) in [5, 5.41) is 19.4. The number of aromatic carboxylic acids is 1. The van der Waals surface area contributed by atoms with Gasteiger partial charge in [-0.3, -0.25) is 4.79 Å². The van der Waals surface area contributed by atoms with Crippen molar-refractivity contribution in [1.29, 1.82) is 0 Å². The van der Waals surface area contributed by atoms with Crippen molar-refractivity contribution >= 4 is 58.1 Å². The van der Waals surface area contributed by atoms with E-state index in [4.69, 9.17) is 38.8 Å². The maximum atomic E-state index is 13.8. The number of rotatable bonds is 5. The summed E-state index contributed by atoms with van der Waals surface area (Å²) in [6.45, 7) is 0. The van der Waals surface area contributed by atoms with Crippen molar-refractivity contribution in [3.8, 4) is 10.4 Å². The number of alkyl halides is 3. The van der Waals surface area contributed by atoms with Gasteiger partial charge in [-0.2, -0.15) is 13.2 Å². The minimum Gasteiger partial charge on any atom is -0.542 e. The topological polar surface area (TPSA) is 124 Å². The van der Waals surface area contributed by atoms with E-state index in [9.17, 15) is 27.9 Å². The molecule has 1 aliphatic carbocycles. The van der Waals surface area contributed by atoms with E-state index >= 15 is 0 Å². The van der Waals surface area contributed by atoms with Gasteiger partial charge in [0.05, 0.1) is 16.3 Å². The summed E-state index contributed by atoms with van der Waals surface area (Å²) in [6.07, 6.45) is -2.29. The van der Waals surface area contributed by atoms with Gasteiger partial charge in [-0.25, -0.2) is 4.79 Å². The molecule has 2 aromatic carbocycles. The molecule has 4 rings (SSSR count). The molecular formula is C26H22Cl2F3N2O5S-. The van der Waals surface area contributed by atoms with E-state index in [0.717, 1.165) is 34.6 Å². The number of benzene rings is 2. The van der Waals surface area contributed by atoms with Crippen LogP contribution in [0, 0.1) is 0 Å². The Morgan fingerprint density at radius 2 is 1.59 bits per heavy atom. The first-order valence-electron chi connectivity index (χ1n) is 11.5. The highest BCUT2D eigenvalue weighted by molar-refractivity contribution is 7.18. The van der Waals surface area contributed by atoms with Crippen molar-refractivity contribution in [2.75, 3.05) is 4.90 Å². The van der Waals surface area contributed by atoms with Gasteiger partial charge in [0, 0.05) is 22.0 Å². The number of carbonyl (C=O) groups excluding carboxylic acids is 2. The third kappa shape index (κ3) is 7.72. The molecule has 1 fully saturated rings. The second kappa shape index (κ2) is 12.8. The first-order valence-corrected chi connectivity index (χ1v) is 13.1. The summed E-state index contributed by atoms with van der Waals surface area (Å²) in [4.78, 5) is 37.2. The van der Waals surface area contributed by atoms with Gasteiger partial charge in [-0.15, -0.1) is 11.3 Å². The van der Waals surface area contributed by atoms with Crippen LogP contribution in [0.5, 0.6) is 0 Å². The fraction of sp³-hybridized carbons (Fsp3) is 0.269. The van der Waals surface area contributed by atoms with Crippen molar-refractivity contribution in [2.24, 2.45) is 5.73 Å². The van der Waals surface area contributed by atoms with Crippen LogP contribution in [0.2, 0.25) is 10.0 Å². The van der Waals surface area contributed by atoms with E-state index in [-0.39, 0.29) is 33.5 Å². The van der Waals surface area contributed by atoms with Crippen molar-refractivity contribution in [3.63, 3.8) is 0 Å². The highest BCUT2D eigenvalue weighted by Crippen LogP contribution is 2.40. The number of thiophene rings is 1. The molecule has 3 aromatic rings. The molecule has 1 aliphatic rings. The molecule has 7 nitrogen and oxygen atoms in total. The molecule has 0 atom stereocenters. The molecule has 0 unspecified atom stereocenters. The normalized spacial score (nSPS) is 17.1. The van der Waals surface area contributed by atoms with Gasteiger partial charge >= 0.3 is 12.1 Å². The molecule has 3 N–H and O–H groups in total. The number of halogens is 5. The third-order valence-electron chi connectivity index (χ3n) is 5.94. The Bertz CT molecular complexity index is 1340. The van der Waals surface area contributed by atoms with E-state index < -0.39 is 18.1 Å². The van der Waals surface area contributed by atoms with Crippen molar-refractivity contribution in [2.45, 2.75) is 43.9 Å². The molecule has 1 amide bonds. The van der Waals surface area contributed by atoms with E-state index in [2.05, 4.69) is 0 Å². The van der Waals surface area contributed by atoms with Gasteiger partial charge in [0.15, 0.2) is 0 Å². The number of hydrogen-bond donors (Lipinski definition) is 2. The molecule has 1 saturated carbocycles. The van der Waals surface area contributed by atoms with Crippen LogP contribution in [0.3, 0.4) is 0 Å². The molecule has 0 bridgehead atoms. The molecule has 208 valence electrons. The van der Waals surface area contributed by atoms with E-state index in [1.165, 1.54) is 6.07 Å². The zero-order valence-electron chi connectivity index (χ0n) is 20.1. The molecular weight excluding hydrogens is 580 g/mol. The number of anilines is 1. The molecule has 13 heteroatoms. The van der Waals surface area contributed by atoms with E-state index in [0.29, 0.717) is 23.6 Å². The van der Waals surface area contributed by atoms with Gasteiger partial charge in [0.2, 0.25) is 0 Å². The molecule has 0 spiro atoms. The van der Waals surface area contributed by atoms with E-state index in [1.54, 1.807) is 23.1 Å². The summed E-state index contributed by atoms with van der Waals surface area (Å²) in [5.74, 6) is -4.42. The first kappa shape index (κ1) is 30.4. The predicted octanol–water partition coefficient (Wildman–Crippen LogP) is 5.64. The Hall–Kier alpha value is -3.12. The Morgan fingerprint density at radius 3 is 2.10 bits per heavy atom. The van der Waals surface area contributed by atoms with Gasteiger partial charge in [-0.1, -0.05) is 53.5 Å². The largest absolute Gasteiger partial charge is 0.542 e. The summed E-state index contributed by atoms with van der Waals surface area (Å²) < 4.78 is 31.5. The number of hydrogen-bond acceptors (Lipinski definition) is 6. The number of carboxylic acids is 2. The van der Waals surface area contributed by atoms with Crippen LogP contribution in [0.25, 0.3) is 10.4 Å². The maximum Gasteiger partial charge on any atom is 0.430 e. The average Bonchev–Trinajstić information content (AvgIpc) is 3.31. The fourth-order valence-corrected chi connectivity index (χ4v) is 5.57. The van der Waals surface area contributed by atoms with Gasteiger partial charge in [-0.05, 0) is 55.5 Å². The zero-order valence-corrected chi connectivity index (χ0v) is 22.4. The lowest BCUT2D eigenvalue weighted by molar-refractivity contribution is -0.344. The number of nitrogens with two attached hydrogens (primary N) is 1. The van der Waals surface area contributed by atoms with Crippen LogP contribution in [-0.2, 0) is 4.79 Å². The molecule has 0 radical (unpaired) electrons. The van der Waals surface area contributed by atoms with Gasteiger partial charge < -0.3 is 25.6 Å². The first-order chi connectivity index (χ1) is 18.3. The Labute approximate surface area is 235 Å². The summed E-state index contributed by atoms with van der Waals surface area (Å²) >= 11 is 13.5. The summed E-state index contributed by atoms with van der Waals surface area (Å²) in [6, 6.07) is 15.9. The van der Waals surface area contributed by atoms with Crippen LogP contribution in [-0.4, -0.2) is 41.2 Å². The smallest absolute Gasteiger partial charge is 0.430 e. The standard InChI is InChI=1S/C24H22Cl2N2O3S.C2HF3O2/c25-15-6-11-18(19(26)12-15)23(29)28(17-9-7-16(27)8-10-17)20-13-21(32-22(20)24(30)31)14-4-2-1-3-5-14;3-2(4,5)1(6)7/h1-6,11-13,16-17H,7-10,27H2,(H,30,31);(H,6,7)/p-1. The minimum atomic E-state index is -5.19. The van der Waals surface area contributed by atoms with Gasteiger partial charge in [0.1, 0.15) is 10.8 Å². The zero-order chi connectivity index (χ0) is 28.9. The Morgan fingerprint density at radius 1 is 1.00 bits per heavy atom. The second-order valence-corrected chi connectivity index (χ2v) is 10.5. The lowest BCUT2D eigenvalue weighted by Crippen LogP contribution is -2.45. The van der Waals surface area contributed by atoms with Gasteiger partial charge in [0.25, 0.3) is 5.91 Å². The molecule has 0 aliphatic heterocycles. The highest BCUT2D eigenvalue weighted by Gasteiger charge is 2.34. The summed E-state index contributed by atoms with van der Waals surface area (Å²) in [7, 11) is 0. The number of aliphatic carboxylic acids is 1. The van der Waals surface area contributed by atoms with Crippen LogP contribution in [0.4, 0.5) is 18.9 Å². The SMILES string of the molecule is NC1CCC(N(C(=O)c2ccc(Cl)cc2Cl)c2cc(-c3ccccc3)sc2C(=O)O)CC1.O=C([O-])C(F)(F)F.